The van der Waals surface area contributed by atoms with E-state index in [-0.39, 0.29) is 0 Å². The Morgan fingerprint density at radius 1 is 1.16 bits per heavy atom. The van der Waals surface area contributed by atoms with Crippen molar-refractivity contribution in [1.82, 2.24) is 10.2 Å². The van der Waals surface area contributed by atoms with Crippen molar-refractivity contribution < 1.29 is 9.47 Å². The van der Waals surface area contributed by atoms with Gasteiger partial charge in [0.25, 0.3) is 0 Å². The maximum absolute atomic E-state index is 5.44. The molecule has 2 aromatic rings. The van der Waals surface area contributed by atoms with Gasteiger partial charge in [0, 0.05) is 39.8 Å². The first-order valence-electron chi connectivity index (χ1n) is 8.46. The Morgan fingerprint density at radius 2 is 2.00 bits per heavy atom. The molecule has 25 heavy (non-hydrogen) atoms. The summed E-state index contributed by atoms with van der Waals surface area (Å²) in [5.74, 6) is 2.58. The van der Waals surface area contributed by atoms with Crippen molar-refractivity contribution in [3.8, 4) is 11.5 Å². The smallest absolute Gasteiger partial charge is 0.231 e. The normalized spacial score (nSPS) is 17.1. The first kappa shape index (κ1) is 16.1. The highest BCUT2D eigenvalue weighted by atomic mass is 32.1. The van der Waals surface area contributed by atoms with E-state index in [9.17, 15) is 0 Å². The zero-order valence-corrected chi connectivity index (χ0v) is 15.1. The van der Waals surface area contributed by atoms with E-state index < -0.39 is 0 Å². The van der Waals surface area contributed by atoms with Gasteiger partial charge in [0.2, 0.25) is 6.79 Å². The molecular formula is C18H22N4O2S. The SMILES string of the molecule is CN=C(NCc1ccc2c(c1)OCO2)N1CCN(c2cccs2)CC1. The molecule has 6 nitrogen and oxygen atoms in total. The molecule has 0 amide bonds. The molecule has 0 aliphatic carbocycles. The number of ether oxygens (including phenoxy) is 2. The molecule has 1 aromatic heterocycles. The fraction of sp³-hybridized carbons (Fsp3) is 0.389. The maximum Gasteiger partial charge on any atom is 0.231 e. The summed E-state index contributed by atoms with van der Waals surface area (Å²) in [5, 5.41) is 6.94. The van der Waals surface area contributed by atoms with Crippen molar-refractivity contribution in [3.63, 3.8) is 0 Å². The Balaban J connectivity index is 1.32. The number of hydrogen-bond donors (Lipinski definition) is 1. The molecule has 3 heterocycles. The van der Waals surface area contributed by atoms with Gasteiger partial charge in [-0.15, -0.1) is 11.3 Å². The number of hydrogen-bond acceptors (Lipinski definition) is 5. The van der Waals surface area contributed by atoms with Gasteiger partial charge < -0.3 is 24.6 Å². The van der Waals surface area contributed by atoms with Crippen molar-refractivity contribution >= 4 is 22.3 Å². The summed E-state index contributed by atoms with van der Waals surface area (Å²) in [6, 6.07) is 10.3. The van der Waals surface area contributed by atoms with Crippen LogP contribution >= 0.6 is 11.3 Å². The topological polar surface area (TPSA) is 49.3 Å². The summed E-state index contributed by atoms with van der Waals surface area (Å²) in [5.41, 5.74) is 1.16. The van der Waals surface area contributed by atoms with E-state index in [1.54, 1.807) is 11.3 Å². The Kier molecular flexibility index (Phi) is 4.65. The number of nitrogens with one attached hydrogen (secondary N) is 1. The number of thiophene rings is 1. The Labute approximate surface area is 151 Å². The predicted octanol–water partition coefficient (Wildman–Crippen LogP) is 2.37. The lowest BCUT2D eigenvalue weighted by molar-refractivity contribution is 0.174. The van der Waals surface area contributed by atoms with E-state index in [4.69, 9.17) is 9.47 Å². The van der Waals surface area contributed by atoms with Crippen LogP contribution in [0.5, 0.6) is 11.5 Å². The van der Waals surface area contributed by atoms with Gasteiger partial charge in [0.1, 0.15) is 0 Å². The van der Waals surface area contributed by atoms with Crippen molar-refractivity contribution in [2.75, 3.05) is 44.9 Å². The lowest BCUT2D eigenvalue weighted by Crippen LogP contribution is -2.52. The maximum atomic E-state index is 5.44. The van der Waals surface area contributed by atoms with E-state index in [0.29, 0.717) is 13.3 Å². The molecule has 2 aliphatic heterocycles. The third-order valence-corrected chi connectivity index (χ3v) is 5.43. The zero-order chi connectivity index (χ0) is 17.1. The van der Waals surface area contributed by atoms with Crippen LogP contribution in [0.3, 0.4) is 0 Å². The molecule has 7 heteroatoms. The van der Waals surface area contributed by atoms with Gasteiger partial charge >= 0.3 is 0 Å². The fourth-order valence-corrected chi connectivity index (χ4v) is 3.94. The summed E-state index contributed by atoms with van der Waals surface area (Å²) in [6.07, 6.45) is 0. The predicted molar refractivity (Wildman–Crippen MR) is 101 cm³/mol. The highest BCUT2D eigenvalue weighted by Crippen LogP contribution is 2.32. The zero-order valence-electron chi connectivity index (χ0n) is 14.3. The molecule has 1 saturated heterocycles. The van der Waals surface area contributed by atoms with Crippen molar-refractivity contribution in [3.05, 3.63) is 41.3 Å². The van der Waals surface area contributed by atoms with Gasteiger partial charge in [0.05, 0.1) is 5.00 Å². The minimum absolute atomic E-state index is 0.308. The number of rotatable bonds is 3. The summed E-state index contributed by atoms with van der Waals surface area (Å²) >= 11 is 1.80. The number of fused-ring (bicyclic) bond motifs is 1. The Hall–Kier alpha value is -2.41. The monoisotopic (exact) mass is 358 g/mol. The van der Waals surface area contributed by atoms with Crippen LogP contribution in [0.2, 0.25) is 0 Å². The highest BCUT2D eigenvalue weighted by molar-refractivity contribution is 7.14. The molecule has 0 unspecified atom stereocenters. The van der Waals surface area contributed by atoms with Crippen molar-refractivity contribution in [2.24, 2.45) is 4.99 Å². The minimum Gasteiger partial charge on any atom is -0.454 e. The van der Waals surface area contributed by atoms with E-state index >= 15 is 0 Å². The summed E-state index contributed by atoms with van der Waals surface area (Å²) in [4.78, 5) is 9.20. The average Bonchev–Trinajstić information content (AvgIpc) is 3.34. The van der Waals surface area contributed by atoms with Crippen LogP contribution in [0.4, 0.5) is 5.00 Å². The molecule has 0 atom stereocenters. The molecule has 4 rings (SSSR count). The van der Waals surface area contributed by atoms with E-state index in [2.05, 4.69) is 43.7 Å². The van der Waals surface area contributed by atoms with Gasteiger partial charge in [-0.3, -0.25) is 4.99 Å². The molecule has 2 aliphatic rings. The molecule has 0 bridgehead atoms. The third-order valence-electron chi connectivity index (χ3n) is 4.50. The van der Waals surface area contributed by atoms with Crippen LogP contribution in [0.25, 0.3) is 0 Å². The molecule has 132 valence electrons. The summed E-state index contributed by atoms with van der Waals surface area (Å²) < 4.78 is 10.8. The number of benzene rings is 1. The molecule has 1 aromatic carbocycles. The second kappa shape index (κ2) is 7.23. The van der Waals surface area contributed by atoms with E-state index in [0.717, 1.165) is 49.2 Å². The van der Waals surface area contributed by atoms with Gasteiger partial charge in [-0.1, -0.05) is 6.07 Å². The second-order valence-electron chi connectivity index (χ2n) is 6.01. The van der Waals surface area contributed by atoms with Crippen LogP contribution in [0.15, 0.2) is 40.7 Å². The van der Waals surface area contributed by atoms with Gasteiger partial charge in [-0.2, -0.15) is 0 Å². The van der Waals surface area contributed by atoms with Gasteiger partial charge in [-0.25, -0.2) is 0 Å². The molecule has 0 spiro atoms. The first-order chi connectivity index (χ1) is 12.3. The van der Waals surface area contributed by atoms with Crippen LogP contribution in [0.1, 0.15) is 5.56 Å². The minimum atomic E-state index is 0.308. The second-order valence-corrected chi connectivity index (χ2v) is 6.94. The first-order valence-corrected chi connectivity index (χ1v) is 9.34. The largest absolute Gasteiger partial charge is 0.454 e. The van der Waals surface area contributed by atoms with E-state index in [1.807, 2.05) is 19.2 Å². The molecule has 0 saturated carbocycles. The fourth-order valence-electron chi connectivity index (χ4n) is 3.15. The summed E-state index contributed by atoms with van der Waals surface area (Å²) in [6.45, 7) is 5.00. The lowest BCUT2D eigenvalue weighted by Gasteiger charge is -2.37. The third kappa shape index (κ3) is 3.51. The summed E-state index contributed by atoms with van der Waals surface area (Å²) in [7, 11) is 1.84. The number of guanidine groups is 1. The molecule has 1 N–H and O–H groups in total. The quantitative estimate of drug-likeness (QED) is 0.674. The Bertz CT molecular complexity index is 740. The molecule has 0 radical (unpaired) electrons. The highest BCUT2D eigenvalue weighted by Gasteiger charge is 2.20. The lowest BCUT2D eigenvalue weighted by atomic mass is 10.2. The Morgan fingerprint density at radius 3 is 2.76 bits per heavy atom. The van der Waals surface area contributed by atoms with Crippen LogP contribution < -0.4 is 19.7 Å². The van der Waals surface area contributed by atoms with Gasteiger partial charge in [-0.05, 0) is 35.2 Å². The van der Waals surface area contributed by atoms with Gasteiger partial charge in [0.15, 0.2) is 17.5 Å². The van der Waals surface area contributed by atoms with Crippen molar-refractivity contribution in [1.29, 1.82) is 0 Å². The number of nitrogens with zero attached hydrogens (tertiary/aromatic N) is 3. The van der Waals surface area contributed by atoms with E-state index in [1.165, 1.54) is 5.00 Å². The molecular weight excluding hydrogens is 336 g/mol. The standard InChI is InChI=1S/C18H22N4O2S/c1-19-18(20-12-14-4-5-15-16(11-14)24-13-23-15)22-8-6-21(7-9-22)17-3-2-10-25-17/h2-5,10-11H,6-9,12-13H2,1H3,(H,19,20). The number of aliphatic imine (C=N–C) groups is 1. The van der Waals surface area contributed by atoms with Crippen LogP contribution in [-0.2, 0) is 6.54 Å². The number of piperazine rings is 1. The van der Waals surface area contributed by atoms with Crippen molar-refractivity contribution in [2.45, 2.75) is 6.54 Å². The van der Waals surface area contributed by atoms with Crippen LogP contribution in [-0.4, -0.2) is 50.9 Å². The number of anilines is 1. The van der Waals surface area contributed by atoms with Crippen LogP contribution in [0, 0.1) is 0 Å². The average molecular weight is 358 g/mol. The molecule has 1 fully saturated rings.